The summed E-state index contributed by atoms with van der Waals surface area (Å²) in [6.07, 6.45) is 1.65. The zero-order chi connectivity index (χ0) is 13.8. The average molecular weight is 290 g/mol. The third-order valence-corrected chi connectivity index (χ3v) is 3.45. The topological polar surface area (TPSA) is 69.4 Å². The Morgan fingerprint density at radius 1 is 1.44 bits per heavy atom. The number of rotatable bonds is 5. The summed E-state index contributed by atoms with van der Waals surface area (Å²) < 4.78 is 28.1. The highest BCUT2D eigenvalue weighted by molar-refractivity contribution is 7.89. The van der Waals surface area contributed by atoms with Gasteiger partial charge in [0.05, 0.1) is 4.90 Å². The second kappa shape index (κ2) is 6.22. The largest absolute Gasteiger partial charge is 0.489 e. The molecule has 0 saturated carbocycles. The average Bonchev–Trinajstić information content (AvgIpc) is 2.28. The lowest BCUT2D eigenvalue weighted by Gasteiger charge is -2.14. The van der Waals surface area contributed by atoms with Crippen molar-refractivity contribution in [3.05, 3.63) is 35.4 Å². The van der Waals surface area contributed by atoms with E-state index in [0.29, 0.717) is 12.4 Å². The van der Waals surface area contributed by atoms with Crippen LogP contribution in [0.3, 0.4) is 0 Å². The van der Waals surface area contributed by atoms with Crippen LogP contribution >= 0.6 is 11.6 Å². The van der Waals surface area contributed by atoms with E-state index in [2.05, 4.69) is 0 Å². The second-order valence-corrected chi connectivity index (χ2v) is 5.89. The molecular weight excluding hydrogens is 274 g/mol. The molecule has 0 aromatic heterocycles. The zero-order valence-electron chi connectivity index (χ0n) is 10.3. The fraction of sp³-hybridized carbons (Fsp3) is 0.333. The van der Waals surface area contributed by atoms with Crippen molar-refractivity contribution in [2.45, 2.75) is 24.7 Å². The molecule has 0 amide bonds. The zero-order valence-corrected chi connectivity index (χ0v) is 11.8. The Morgan fingerprint density at radius 3 is 2.61 bits per heavy atom. The minimum Gasteiger partial charge on any atom is -0.489 e. The van der Waals surface area contributed by atoms with Gasteiger partial charge in [-0.05, 0) is 35.8 Å². The Bertz CT molecular complexity index is 538. The molecule has 0 saturated heterocycles. The van der Waals surface area contributed by atoms with Crippen molar-refractivity contribution in [1.29, 1.82) is 0 Å². The summed E-state index contributed by atoms with van der Waals surface area (Å²) >= 11 is 5.40. The van der Waals surface area contributed by atoms with Gasteiger partial charge < -0.3 is 4.74 Å². The lowest BCUT2D eigenvalue weighted by Crippen LogP contribution is -2.13. The van der Waals surface area contributed by atoms with E-state index >= 15 is 0 Å². The summed E-state index contributed by atoms with van der Waals surface area (Å²) in [4.78, 5) is 0.0893. The number of hydrogen-bond acceptors (Lipinski definition) is 3. The summed E-state index contributed by atoms with van der Waals surface area (Å²) in [5.41, 5.74) is 2.16. The molecular formula is C12H16ClNO3S. The number of benzene rings is 1. The summed E-state index contributed by atoms with van der Waals surface area (Å²) in [7, 11) is -3.69. The van der Waals surface area contributed by atoms with Crippen molar-refractivity contribution in [1.82, 2.24) is 0 Å². The quantitative estimate of drug-likeness (QED) is 0.906. The van der Waals surface area contributed by atoms with Gasteiger partial charge in [-0.25, -0.2) is 13.6 Å². The van der Waals surface area contributed by atoms with E-state index < -0.39 is 10.0 Å². The van der Waals surface area contributed by atoms with Gasteiger partial charge in [0.1, 0.15) is 12.4 Å². The molecule has 0 fully saturated rings. The van der Waals surface area contributed by atoms with Gasteiger partial charge in [0.2, 0.25) is 10.0 Å². The highest BCUT2D eigenvalue weighted by Crippen LogP contribution is 2.28. The maximum atomic E-state index is 11.3. The molecule has 100 valence electrons. The molecule has 0 unspecified atom stereocenters. The van der Waals surface area contributed by atoms with E-state index in [1.165, 1.54) is 11.6 Å². The molecule has 18 heavy (non-hydrogen) atoms. The number of halogens is 1. The predicted octanol–water partition coefficient (Wildman–Crippen LogP) is 2.59. The van der Waals surface area contributed by atoms with Crippen LogP contribution in [0.4, 0.5) is 0 Å². The fourth-order valence-corrected chi connectivity index (χ4v) is 2.08. The maximum Gasteiger partial charge on any atom is 0.238 e. The minimum atomic E-state index is -3.69. The second-order valence-electron chi connectivity index (χ2n) is 4.07. The Balaban J connectivity index is 3.13. The van der Waals surface area contributed by atoms with Crippen LogP contribution in [0.1, 0.15) is 25.3 Å². The number of sulfonamides is 1. The molecule has 0 heterocycles. The van der Waals surface area contributed by atoms with E-state index in [1.807, 2.05) is 13.8 Å². The van der Waals surface area contributed by atoms with Gasteiger partial charge in [-0.2, -0.15) is 0 Å². The normalized spacial score (nSPS) is 12.3. The van der Waals surface area contributed by atoms with Crippen molar-refractivity contribution in [2.24, 2.45) is 5.14 Å². The van der Waals surface area contributed by atoms with Crippen molar-refractivity contribution >= 4 is 21.6 Å². The van der Waals surface area contributed by atoms with Crippen LogP contribution in [-0.4, -0.2) is 15.0 Å². The Kier molecular flexibility index (Phi) is 5.19. The highest BCUT2D eigenvalue weighted by Gasteiger charge is 2.14. The first kappa shape index (κ1) is 15.0. The van der Waals surface area contributed by atoms with Crippen LogP contribution in [0.5, 0.6) is 5.75 Å². The smallest absolute Gasteiger partial charge is 0.238 e. The molecule has 0 bridgehead atoms. The molecule has 0 aliphatic heterocycles. The molecule has 0 radical (unpaired) electrons. The van der Waals surface area contributed by atoms with Crippen LogP contribution in [0.2, 0.25) is 0 Å². The van der Waals surface area contributed by atoms with Gasteiger partial charge >= 0.3 is 0 Å². The number of hydrogen-bond donors (Lipinski definition) is 1. The highest BCUT2D eigenvalue weighted by atomic mass is 35.5. The Labute approximate surface area is 112 Å². The van der Waals surface area contributed by atoms with E-state index in [4.69, 9.17) is 21.5 Å². The standard InChI is InChI=1S/C12H16ClNO3S/c1-9(2)11-8-10(18(14,15)16)4-5-12(11)17-7-3-6-13/h3-6,8-9H,7H2,1-2H3,(H2,14,15,16)/b6-3+. The number of primary sulfonamides is 1. The molecule has 1 aromatic carbocycles. The van der Waals surface area contributed by atoms with E-state index in [-0.39, 0.29) is 10.8 Å². The Morgan fingerprint density at radius 2 is 2.11 bits per heavy atom. The lowest BCUT2D eigenvalue weighted by molar-refractivity contribution is 0.357. The predicted molar refractivity (Wildman–Crippen MR) is 72.4 cm³/mol. The first-order valence-electron chi connectivity index (χ1n) is 5.41. The molecule has 0 aliphatic rings. The summed E-state index contributed by atoms with van der Waals surface area (Å²) in [6, 6.07) is 4.58. The SMILES string of the molecule is CC(C)c1cc(S(N)(=O)=O)ccc1OC/C=C/Cl. The van der Waals surface area contributed by atoms with Crippen LogP contribution in [0.15, 0.2) is 34.7 Å². The lowest BCUT2D eigenvalue weighted by atomic mass is 10.0. The molecule has 0 aliphatic carbocycles. The molecule has 6 heteroatoms. The van der Waals surface area contributed by atoms with E-state index in [1.54, 1.807) is 18.2 Å². The summed E-state index contributed by atoms with van der Waals surface area (Å²) in [6.45, 7) is 4.23. The number of nitrogens with two attached hydrogens (primary N) is 1. The third-order valence-electron chi connectivity index (χ3n) is 2.36. The van der Waals surface area contributed by atoms with Crippen molar-refractivity contribution in [2.75, 3.05) is 6.61 Å². The molecule has 1 rings (SSSR count). The Hall–Kier alpha value is -1.04. The van der Waals surface area contributed by atoms with Crippen LogP contribution < -0.4 is 9.88 Å². The van der Waals surface area contributed by atoms with Gasteiger partial charge in [-0.15, -0.1) is 0 Å². The first-order valence-corrected chi connectivity index (χ1v) is 7.39. The van der Waals surface area contributed by atoms with Crippen LogP contribution in [0.25, 0.3) is 0 Å². The monoisotopic (exact) mass is 289 g/mol. The minimum absolute atomic E-state index is 0.0893. The fourth-order valence-electron chi connectivity index (χ4n) is 1.46. The summed E-state index contributed by atoms with van der Waals surface area (Å²) in [5, 5.41) is 5.10. The number of ether oxygens (including phenoxy) is 1. The molecule has 0 atom stereocenters. The first-order chi connectivity index (χ1) is 8.36. The van der Waals surface area contributed by atoms with Crippen molar-refractivity contribution in [3.63, 3.8) is 0 Å². The molecule has 2 N–H and O–H groups in total. The van der Waals surface area contributed by atoms with Gasteiger partial charge in [-0.3, -0.25) is 0 Å². The molecule has 1 aromatic rings. The maximum absolute atomic E-state index is 11.3. The van der Waals surface area contributed by atoms with Gasteiger partial charge in [-0.1, -0.05) is 25.4 Å². The van der Waals surface area contributed by atoms with Gasteiger partial charge in [0, 0.05) is 5.54 Å². The van der Waals surface area contributed by atoms with Crippen LogP contribution in [-0.2, 0) is 10.0 Å². The van der Waals surface area contributed by atoms with Crippen molar-refractivity contribution in [3.8, 4) is 5.75 Å². The van der Waals surface area contributed by atoms with E-state index in [0.717, 1.165) is 5.56 Å². The molecule has 4 nitrogen and oxygen atoms in total. The van der Waals surface area contributed by atoms with Crippen LogP contribution in [0, 0.1) is 0 Å². The third kappa shape index (κ3) is 4.01. The molecule has 0 spiro atoms. The van der Waals surface area contributed by atoms with Gasteiger partial charge in [0.15, 0.2) is 0 Å². The van der Waals surface area contributed by atoms with E-state index in [9.17, 15) is 8.42 Å². The van der Waals surface area contributed by atoms with Gasteiger partial charge in [0.25, 0.3) is 0 Å². The summed E-state index contributed by atoms with van der Waals surface area (Å²) in [5.74, 6) is 0.758. The van der Waals surface area contributed by atoms with Crippen molar-refractivity contribution < 1.29 is 13.2 Å².